The molecule has 3 aromatic rings. The van der Waals surface area contributed by atoms with E-state index in [9.17, 15) is 4.55 Å². The van der Waals surface area contributed by atoms with Crippen molar-refractivity contribution in [3.8, 4) is 11.3 Å². The summed E-state index contributed by atoms with van der Waals surface area (Å²) in [6.45, 7) is 7.43. The summed E-state index contributed by atoms with van der Waals surface area (Å²) in [5, 5.41) is 5.49. The first-order valence-corrected chi connectivity index (χ1v) is 14.1. The van der Waals surface area contributed by atoms with Gasteiger partial charge in [0.15, 0.2) is 4.96 Å². The normalized spacial score (nSPS) is 18.7. The van der Waals surface area contributed by atoms with Crippen LogP contribution in [0.4, 0.5) is 0 Å². The van der Waals surface area contributed by atoms with E-state index in [1.54, 1.807) is 11.3 Å². The molecule has 1 aromatic carbocycles. The van der Waals surface area contributed by atoms with Crippen LogP contribution in [0.2, 0.25) is 0 Å². The van der Waals surface area contributed by atoms with E-state index in [0.717, 1.165) is 72.2 Å². The Labute approximate surface area is 215 Å². The lowest BCUT2D eigenvalue weighted by molar-refractivity contribution is 0.308. The van der Waals surface area contributed by atoms with Crippen molar-refractivity contribution in [3.05, 3.63) is 65.6 Å². The van der Waals surface area contributed by atoms with Gasteiger partial charge in [-0.3, -0.25) is 4.40 Å². The molecule has 1 saturated heterocycles. The summed E-state index contributed by atoms with van der Waals surface area (Å²) in [7, 11) is 1.91. The van der Waals surface area contributed by atoms with Crippen molar-refractivity contribution in [1.82, 2.24) is 23.3 Å². The van der Waals surface area contributed by atoms with Crippen molar-refractivity contribution in [2.75, 3.05) is 33.2 Å². The van der Waals surface area contributed by atoms with Gasteiger partial charge >= 0.3 is 0 Å². The molecule has 0 bridgehead atoms. The molecule has 0 saturated carbocycles. The standard InChI is InChI=1S/C26H34N6OS2/c1-4-5-12-23(28-15-18-31-17-9-16-30(3)35(31)33)27-14-13-21(2)25-24(22-10-7-6-8-11-22)29-26-32(25)19-20-34-26/h6-8,10-14,19-20,28H,4-5,9,15-18H2,1-3H3/b21-13+,23-12+,27-14-. The van der Waals surface area contributed by atoms with E-state index in [-0.39, 0.29) is 0 Å². The van der Waals surface area contributed by atoms with E-state index in [2.05, 4.69) is 53.4 Å². The minimum Gasteiger partial charge on any atom is -0.578 e. The van der Waals surface area contributed by atoms with Crippen molar-refractivity contribution < 1.29 is 4.55 Å². The zero-order valence-corrected chi connectivity index (χ0v) is 22.3. The maximum atomic E-state index is 12.4. The van der Waals surface area contributed by atoms with Gasteiger partial charge in [0.1, 0.15) is 17.4 Å². The van der Waals surface area contributed by atoms with Crippen molar-refractivity contribution >= 4 is 39.6 Å². The summed E-state index contributed by atoms with van der Waals surface area (Å²) in [4.78, 5) is 10.6. The summed E-state index contributed by atoms with van der Waals surface area (Å²) < 4.78 is 18.5. The number of nitrogens with one attached hydrogen (secondary N) is 1. The smallest absolute Gasteiger partial charge is 0.194 e. The molecule has 4 rings (SSSR count). The summed E-state index contributed by atoms with van der Waals surface area (Å²) in [6.07, 6.45) is 11.2. The molecule has 0 amide bonds. The van der Waals surface area contributed by atoms with Gasteiger partial charge in [0.2, 0.25) is 0 Å². The number of benzene rings is 1. The predicted molar refractivity (Wildman–Crippen MR) is 149 cm³/mol. The van der Waals surface area contributed by atoms with Crippen molar-refractivity contribution in [1.29, 1.82) is 0 Å². The maximum Gasteiger partial charge on any atom is 0.194 e. The molecule has 1 unspecified atom stereocenters. The lowest BCUT2D eigenvalue weighted by Gasteiger charge is -2.33. The molecule has 9 heteroatoms. The number of hydrogen-bond donors (Lipinski definition) is 1. The topological polar surface area (TPSA) is 71.2 Å². The Morgan fingerprint density at radius 2 is 2.11 bits per heavy atom. The predicted octanol–water partition coefficient (Wildman–Crippen LogP) is 4.98. The number of allylic oxidation sites excluding steroid dienone is 3. The van der Waals surface area contributed by atoms with E-state index >= 15 is 0 Å². The fraction of sp³-hybridized carbons (Fsp3) is 0.385. The number of unbranched alkanes of at least 4 members (excludes halogenated alkanes) is 1. The summed E-state index contributed by atoms with van der Waals surface area (Å²) in [5.41, 5.74) is 4.27. The average Bonchev–Trinajstić information content (AvgIpc) is 3.46. The van der Waals surface area contributed by atoms with Crippen molar-refractivity contribution in [3.63, 3.8) is 0 Å². The number of thiazole rings is 1. The van der Waals surface area contributed by atoms with Gasteiger partial charge < -0.3 is 9.87 Å². The van der Waals surface area contributed by atoms with Crippen LogP contribution >= 0.6 is 11.3 Å². The highest BCUT2D eigenvalue weighted by Crippen LogP contribution is 2.31. The van der Waals surface area contributed by atoms with E-state index in [0.29, 0.717) is 6.54 Å². The van der Waals surface area contributed by atoms with Crippen LogP contribution in [0.3, 0.4) is 0 Å². The van der Waals surface area contributed by atoms with Crippen molar-refractivity contribution in [2.45, 2.75) is 33.1 Å². The van der Waals surface area contributed by atoms with Gasteiger partial charge in [0.05, 0.1) is 17.9 Å². The Bertz CT molecular complexity index is 1180. The second-order valence-corrected chi connectivity index (χ2v) is 11.0. The zero-order chi connectivity index (χ0) is 24.6. The number of hydrogen-bond acceptors (Lipinski definition) is 7. The first kappa shape index (κ1) is 25.7. The molecule has 3 heterocycles. The maximum absolute atomic E-state index is 12.4. The Hall–Kier alpha value is -2.43. The molecule has 1 aliphatic heterocycles. The molecule has 1 aliphatic rings. The Balaban J connectivity index is 1.47. The Kier molecular flexibility index (Phi) is 9.17. The minimum absolute atomic E-state index is 0.700. The summed E-state index contributed by atoms with van der Waals surface area (Å²) >= 11 is 0.590. The second-order valence-electron chi connectivity index (χ2n) is 8.53. The minimum atomic E-state index is -1.05. The van der Waals surface area contributed by atoms with Gasteiger partial charge in [-0.25, -0.2) is 9.98 Å². The van der Waals surface area contributed by atoms with Crippen LogP contribution in [-0.4, -0.2) is 62.0 Å². The van der Waals surface area contributed by atoms with Gasteiger partial charge in [-0.05, 0) is 37.5 Å². The molecule has 1 fully saturated rings. The van der Waals surface area contributed by atoms with E-state index in [1.807, 2.05) is 46.1 Å². The average molecular weight is 511 g/mol. The summed E-state index contributed by atoms with van der Waals surface area (Å²) in [6, 6.07) is 10.3. The molecule has 0 spiro atoms. The fourth-order valence-corrected chi connectivity index (χ4v) is 5.97. The molecule has 7 nitrogen and oxygen atoms in total. The molecule has 35 heavy (non-hydrogen) atoms. The van der Waals surface area contributed by atoms with E-state index in [1.165, 1.54) is 0 Å². The highest BCUT2D eigenvalue weighted by atomic mass is 32.2. The van der Waals surface area contributed by atoms with Crippen LogP contribution in [0.5, 0.6) is 0 Å². The van der Waals surface area contributed by atoms with Crippen LogP contribution in [0, 0.1) is 0 Å². The van der Waals surface area contributed by atoms with Gasteiger partial charge in [-0.1, -0.05) is 43.7 Å². The lowest BCUT2D eigenvalue weighted by atomic mass is 10.1. The molecule has 1 atom stereocenters. The number of fused-ring (bicyclic) bond motifs is 1. The van der Waals surface area contributed by atoms with Gasteiger partial charge in [-0.2, -0.15) is 0 Å². The van der Waals surface area contributed by atoms with E-state index in [4.69, 9.17) is 9.98 Å². The lowest BCUT2D eigenvalue weighted by Crippen LogP contribution is -2.49. The van der Waals surface area contributed by atoms with Gasteiger partial charge in [-0.15, -0.1) is 19.9 Å². The second kappa shape index (κ2) is 12.5. The molecular weight excluding hydrogens is 476 g/mol. The van der Waals surface area contributed by atoms with Crippen molar-refractivity contribution in [2.24, 2.45) is 4.99 Å². The summed E-state index contributed by atoms with van der Waals surface area (Å²) in [5.74, 6) is 0.851. The third kappa shape index (κ3) is 6.42. The van der Waals surface area contributed by atoms with Gasteiger partial charge in [0.25, 0.3) is 0 Å². The number of aliphatic imine (C=N–C) groups is 1. The van der Waals surface area contributed by atoms with Crippen LogP contribution in [0.25, 0.3) is 21.8 Å². The highest BCUT2D eigenvalue weighted by molar-refractivity contribution is 7.86. The Morgan fingerprint density at radius 3 is 2.91 bits per heavy atom. The van der Waals surface area contributed by atoms with Gasteiger partial charge in [0, 0.05) is 50.0 Å². The zero-order valence-electron chi connectivity index (χ0n) is 20.7. The molecule has 186 valence electrons. The van der Waals surface area contributed by atoms with Crippen LogP contribution in [0.15, 0.2) is 64.9 Å². The third-order valence-electron chi connectivity index (χ3n) is 5.88. The first-order valence-electron chi connectivity index (χ1n) is 12.1. The largest absolute Gasteiger partial charge is 0.578 e. The van der Waals surface area contributed by atoms with Crippen LogP contribution < -0.4 is 5.32 Å². The fourth-order valence-electron chi connectivity index (χ4n) is 4.04. The quantitative estimate of drug-likeness (QED) is 0.308. The third-order valence-corrected chi connectivity index (χ3v) is 8.16. The monoisotopic (exact) mass is 510 g/mol. The number of rotatable bonds is 10. The molecule has 0 aliphatic carbocycles. The van der Waals surface area contributed by atoms with Crippen LogP contribution in [-0.2, 0) is 11.5 Å². The SMILES string of the molecule is CCC\C=C(/N=C\C=C(/C)c1c(-c2ccccc2)nc2sccn12)NCCN1CCCN(C)[S+]1[O-]. The first-order chi connectivity index (χ1) is 17.1. The molecule has 2 aromatic heterocycles. The molecular formula is C26H34N6OS2. The number of nitrogens with zero attached hydrogens (tertiary/aromatic N) is 5. The molecule has 0 radical (unpaired) electrons. The van der Waals surface area contributed by atoms with E-state index < -0.39 is 11.5 Å². The molecule has 1 N–H and O–H groups in total. The Morgan fingerprint density at radius 1 is 1.29 bits per heavy atom. The highest BCUT2D eigenvalue weighted by Gasteiger charge is 2.29. The number of aromatic nitrogens is 2. The number of imidazole rings is 1. The van der Waals surface area contributed by atoms with Crippen LogP contribution in [0.1, 0.15) is 38.8 Å².